The summed E-state index contributed by atoms with van der Waals surface area (Å²) in [5, 5.41) is 6.71. The van der Waals surface area contributed by atoms with Crippen molar-refractivity contribution in [3.8, 4) is 11.1 Å². The van der Waals surface area contributed by atoms with Gasteiger partial charge in [-0.3, -0.25) is 14.6 Å². The summed E-state index contributed by atoms with van der Waals surface area (Å²) in [6.07, 6.45) is 2.54. The number of hydrogen-bond acceptors (Lipinski definition) is 4. The molecule has 5 nitrogen and oxygen atoms in total. The monoisotopic (exact) mass is 485 g/mol. The Morgan fingerprint density at radius 2 is 1.91 bits per heavy atom. The molecule has 0 saturated heterocycles. The Balaban J connectivity index is 1.33. The molecule has 1 aliphatic rings. The Morgan fingerprint density at radius 3 is 2.69 bits per heavy atom. The first kappa shape index (κ1) is 22.9. The maximum Gasteiger partial charge on any atom is 0.254 e. The summed E-state index contributed by atoms with van der Waals surface area (Å²) in [5.41, 5.74) is 7.06. The lowest BCUT2D eigenvalue weighted by atomic mass is 9.94. The van der Waals surface area contributed by atoms with E-state index < -0.39 is 0 Å². The zero-order valence-corrected chi connectivity index (χ0v) is 20.1. The first-order chi connectivity index (χ1) is 17.0. The van der Waals surface area contributed by atoms with Crippen molar-refractivity contribution in [1.29, 1.82) is 0 Å². The Morgan fingerprint density at radius 1 is 1.09 bits per heavy atom. The molecular weight excluding hydrogens is 461 g/mol. The van der Waals surface area contributed by atoms with Crippen molar-refractivity contribution in [1.82, 2.24) is 15.2 Å². The topological polar surface area (TPSA) is 62.3 Å². The van der Waals surface area contributed by atoms with Crippen LogP contribution in [0, 0.1) is 12.7 Å². The minimum atomic E-state index is -0.290. The lowest BCUT2D eigenvalue weighted by Crippen LogP contribution is -2.37. The van der Waals surface area contributed by atoms with Crippen molar-refractivity contribution in [2.45, 2.75) is 26.4 Å². The lowest BCUT2D eigenvalue weighted by molar-refractivity contribution is 0.0734. The fourth-order valence-corrected chi connectivity index (χ4v) is 5.09. The van der Waals surface area contributed by atoms with Crippen LogP contribution in [0.1, 0.15) is 43.1 Å². The van der Waals surface area contributed by atoms with Gasteiger partial charge in [0.05, 0.1) is 0 Å². The number of hydrogen-bond donors (Lipinski definition) is 1. The Kier molecular flexibility index (Phi) is 6.42. The maximum atomic E-state index is 13.3. The van der Waals surface area contributed by atoms with Crippen LogP contribution >= 0.6 is 11.3 Å². The number of fused-ring (bicyclic) bond motifs is 1. The van der Waals surface area contributed by atoms with Crippen molar-refractivity contribution < 1.29 is 14.0 Å². The smallest absolute Gasteiger partial charge is 0.254 e. The van der Waals surface area contributed by atoms with Gasteiger partial charge >= 0.3 is 0 Å². The van der Waals surface area contributed by atoms with E-state index in [1.54, 1.807) is 18.2 Å². The average molecular weight is 486 g/mol. The van der Waals surface area contributed by atoms with E-state index in [1.165, 1.54) is 23.5 Å². The second-order valence-electron chi connectivity index (χ2n) is 8.59. The number of rotatable bonds is 5. The number of aryl methyl sites for hydroxylation is 1. The Bertz CT molecular complexity index is 1380. The van der Waals surface area contributed by atoms with Gasteiger partial charge in [0.2, 0.25) is 0 Å². The molecule has 7 heteroatoms. The molecule has 3 heterocycles. The molecule has 5 rings (SSSR count). The summed E-state index contributed by atoms with van der Waals surface area (Å²) in [6.45, 7) is 3.41. The predicted octanol–water partition coefficient (Wildman–Crippen LogP) is 5.39. The normalized spacial score (nSPS) is 12.8. The van der Waals surface area contributed by atoms with Crippen LogP contribution in [0.25, 0.3) is 11.1 Å². The molecule has 0 unspecified atom stereocenters. The summed E-state index contributed by atoms with van der Waals surface area (Å²) < 4.78 is 13.3. The largest absolute Gasteiger partial charge is 0.348 e. The van der Waals surface area contributed by atoms with Gasteiger partial charge in [0.15, 0.2) is 0 Å². The van der Waals surface area contributed by atoms with Gasteiger partial charge in [-0.2, -0.15) is 11.3 Å². The number of nitrogens with zero attached hydrogens (tertiary/aromatic N) is 2. The van der Waals surface area contributed by atoms with Gasteiger partial charge < -0.3 is 10.2 Å². The minimum absolute atomic E-state index is 0.0486. The average Bonchev–Trinajstić information content (AvgIpc) is 3.43. The SMILES string of the molecule is Cc1ncc2c(c1CNC(=O)c1ccsc1)CCN(C(=O)c1cccc(-c3ccc(F)cc3)c1)C2. The van der Waals surface area contributed by atoms with Crippen LogP contribution < -0.4 is 5.32 Å². The molecule has 0 fully saturated rings. The molecule has 0 atom stereocenters. The van der Waals surface area contributed by atoms with Gasteiger partial charge in [0.25, 0.3) is 11.8 Å². The standard InChI is InChI=1S/C28H24FN3O2S/c1-18-26(15-31-27(33)22-10-12-35-17-22)25-9-11-32(16-23(25)14-30-18)28(34)21-4-2-3-20(13-21)19-5-7-24(29)8-6-19/h2-8,10,12-14,17H,9,11,15-16H2,1H3,(H,31,33). The number of carbonyl (C=O) groups is 2. The Labute approximate surface area is 207 Å². The van der Waals surface area contributed by atoms with Crippen LogP contribution in [0.5, 0.6) is 0 Å². The van der Waals surface area contributed by atoms with Crippen molar-refractivity contribution in [2.75, 3.05) is 6.54 Å². The number of halogens is 1. The van der Waals surface area contributed by atoms with Crippen LogP contribution in [0.15, 0.2) is 71.6 Å². The summed E-state index contributed by atoms with van der Waals surface area (Å²) in [6, 6.07) is 15.5. The minimum Gasteiger partial charge on any atom is -0.348 e. The zero-order valence-electron chi connectivity index (χ0n) is 19.3. The Hall–Kier alpha value is -3.84. The van der Waals surface area contributed by atoms with Gasteiger partial charge in [-0.05, 0) is 76.9 Å². The van der Waals surface area contributed by atoms with E-state index in [9.17, 15) is 14.0 Å². The highest BCUT2D eigenvalue weighted by Gasteiger charge is 2.25. The number of carbonyl (C=O) groups excluding carboxylic acids is 2. The molecule has 0 bridgehead atoms. The number of thiophene rings is 1. The molecule has 176 valence electrons. The van der Waals surface area contributed by atoms with E-state index in [0.29, 0.717) is 37.2 Å². The van der Waals surface area contributed by atoms with Crippen molar-refractivity contribution >= 4 is 23.2 Å². The highest BCUT2D eigenvalue weighted by molar-refractivity contribution is 7.08. The summed E-state index contributed by atoms with van der Waals surface area (Å²) in [5.74, 6) is -0.438. The lowest BCUT2D eigenvalue weighted by Gasteiger charge is -2.30. The molecule has 0 aliphatic carbocycles. The van der Waals surface area contributed by atoms with E-state index in [2.05, 4.69) is 10.3 Å². The summed E-state index contributed by atoms with van der Waals surface area (Å²) in [4.78, 5) is 32.1. The number of amides is 2. The molecule has 0 spiro atoms. The van der Waals surface area contributed by atoms with Crippen molar-refractivity contribution in [2.24, 2.45) is 0 Å². The van der Waals surface area contributed by atoms with Crippen molar-refractivity contribution in [3.05, 3.63) is 111 Å². The van der Waals surface area contributed by atoms with E-state index in [-0.39, 0.29) is 17.6 Å². The molecule has 1 N–H and O–H groups in total. The van der Waals surface area contributed by atoms with Crippen LogP contribution in [0.3, 0.4) is 0 Å². The molecular formula is C28H24FN3O2S. The molecule has 2 aromatic heterocycles. The highest BCUT2D eigenvalue weighted by atomic mass is 32.1. The molecule has 1 aliphatic heterocycles. The maximum absolute atomic E-state index is 13.3. The number of nitrogens with one attached hydrogen (secondary N) is 1. The number of aromatic nitrogens is 1. The van der Waals surface area contributed by atoms with Crippen LogP contribution in [0.4, 0.5) is 4.39 Å². The fraction of sp³-hybridized carbons (Fsp3) is 0.179. The van der Waals surface area contributed by atoms with Gasteiger partial charge in [0.1, 0.15) is 5.82 Å². The molecule has 35 heavy (non-hydrogen) atoms. The van der Waals surface area contributed by atoms with Crippen molar-refractivity contribution in [3.63, 3.8) is 0 Å². The van der Waals surface area contributed by atoms with Crippen LogP contribution in [0.2, 0.25) is 0 Å². The van der Waals surface area contributed by atoms with Gasteiger partial charge in [-0.1, -0.05) is 24.3 Å². The molecule has 2 aromatic carbocycles. The molecule has 2 amide bonds. The summed E-state index contributed by atoms with van der Waals surface area (Å²) >= 11 is 1.49. The summed E-state index contributed by atoms with van der Waals surface area (Å²) in [7, 11) is 0. The first-order valence-corrected chi connectivity index (χ1v) is 12.4. The third-order valence-corrected chi connectivity index (χ3v) is 7.06. The molecule has 0 radical (unpaired) electrons. The second-order valence-corrected chi connectivity index (χ2v) is 9.37. The zero-order chi connectivity index (χ0) is 24.4. The van der Waals surface area contributed by atoms with Crippen LogP contribution in [-0.2, 0) is 19.5 Å². The van der Waals surface area contributed by atoms with Gasteiger partial charge in [-0.25, -0.2) is 4.39 Å². The third-order valence-electron chi connectivity index (χ3n) is 6.38. The van der Waals surface area contributed by atoms with E-state index >= 15 is 0 Å². The first-order valence-electron chi connectivity index (χ1n) is 11.4. The van der Waals surface area contributed by atoms with E-state index in [4.69, 9.17) is 0 Å². The van der Waals surface area contributed by atoms with Crippen LogP contribution in [-0.4, -0.2) is 28.2 Å². The number of benzene rings is 2. The van der Waals surface area contributed by atoms with E-state index in [1.807, 2.05) is 53.0 Å². The highest BCUT2D eigenvalue weighted by Crippen LogP contribution is 2.27. The third kappa shape index (κ3) is 4.86. The second kappa shape index (κ2) is 9.80. The fourth-order valence-electron chi connectivity index (χ4n) is 4.45. The molecule has 4 aromatic rings. The predicted molar refractivity (Wildman–Crippen MR) is 135 cm³/mol. The van der Waals surface area contributed by atoms with E-state index in [0.717, 1.165) is 33.5 Å². The number of pyridine rings is 1. The van der Waals surface area contributed by atoms with Gasteiger partial charge in [-0.15, -0.1) is 0 Å². The molecule has 0 saturated carbocycles. The van der Waals surface area contributed by atoms with Gasteiger partial charge in [0, 0.05) is 48.0 Å². The quantitative estimate of drug-likeness (QED) is 0.413.